The lowest BCUT2D eigenvalue weighted by Crippen LogP contribution is -2.61. The highest BCUT2D eigenvalue weighted by Gasteiger charge is 2.49. The van der Waals surface area contributed by atoms with Crippen LogP contribution in [0.15, 0.2) is 0 Å². The van der Waals surface area contributed by atoms with Crippen LogP contribution in [0.25, 0.3) is 0 Å². The van der Waals surface area contributed by atoms with E-state index in [0.717, 1.165) is 25.7 Å². The number of carbonyl (C=O) groups excluding carboxylic acids is 1. The van der Waals surface area contributed by atoms with Gasteiger partial charge in [-0.3, -0.25) is 0 Å². The summed E-state index contributed by atoms with van der Waals surface area (Å²) in [7, 11) is 0. The molecule has 2 rings (SSSR count). The number of aliphatic carboxylic acids is 1. The summed E-state index contributed by atoms with van der Waals surface area (Å²) in [5.41, 5.74) is -1.58. The van der Waals surface area contributed by atoms with Gasteiger partial charge in [0.15, 0.2) is 0 Å². The predicted octanol–water partition coefficient (Wildman–Crippen LogP) is 1.11. The van der Waals surface area contributed by atoms with E-state index in [4.69, 9.17) is 4.74 Å². The fourth-order valence-corrected chi connectivity index (χ4v) is 2.56. The fourth-order valence-electron chi connectivity index (χ4n) is 2.56. The van der Waals surface area contributed by atoms with Crippen LogP contribution in [0.3, 0.4) is 0 Å². The van der Waals surface area contributed by atoms with Crippen LogP contribution < -0.4 is 10.6 Å². The summed E-state index contributed by atoms with van der Waals surface area (Å²) in [4.78, 5) is 23.4. The van der Waals surface area contributed by atoms with Gasteiger partial charge in [0.25, 0.3) is 0 Å². The van der Waals surface area contributed by atoms with Gasteiger partial charge in [-0.1, -0.05) is 0 Å². The molecule has 0 aromatic heterocycles. The Labute approximate surface area is 112 Å². The van der Waals surface area contributed by atoms with E-state index < -0.39 is 23.1 Å². The smallest absolute Gasteiger partial charge is 0.329 e. The number of carbonyl (C=O) groups is 2. The molecule has 0 aromatic rings. The number of hydrogen-bond acceptors (Lipinski definition) is 3. The largest absolute Gasteiger partial charge is 0.480 e. The number of rotatable bonds is 4. The van der Waals surface area contributed by atoms with Crippen molar-refractivity contribution in [2.45, 2.75) is 50.6 Å². The van der Waals surface area contributed by atoms with Crippen LogP contribution in [-0.4, -0.2) is 41.4 Å². The summed E-state index contributed by atoms with van der Waals surface area (Å²) in [6, 6.07) is -0.426. The van der Waals surface area contributed by atoms with Crippen LogP contribution >= 0.6 is 0 Å². The van der Waals surface area contributed by atoms with Gasteiger partial charge in [-0.2, -0.15) is 0 Å². The zero-order chi connectivity index (χ0) is 14.1. The number of amides is 2. The van der Waals surface area contributed by atoms with E-state index in [-0.39, 0.29) is 5.92 Å². The topological polar surface area (TPSA) is 87.7 Å². The molecule has 6 nitrogen and oxygen atoms in total. The van der Waals surface area contributed by atoms with Crippen molar-refractivity contribution in [2.24, 2.45) is 5.92 Å². The average molecular weight is 270 g/mol. The van der Waals surface area contributed by atoms with Crippen molar-refractivity contribution in [1.82, 2.24) is 10.6 Å². The van der Waals surface area contributed by atoms with Crippen molar-refractivity contribution in [2.75, 3.05) is 13.2 Å². The minimum absolute atomic E-state index is 0.0335. The van der Waals surface area contributed by atoms with Gasteiger partial charge in [-0.05, 0) is 45.4 Å². The maximum Gasteiger partial charge on any atom is 0.329 e. The maximum atomic E-state index is 12.0. The first-order valence-corrected chi connectivity index (χ1v) is 6.77. The molecule has 0 aromatic carbocycles. The first-order chi connectivity index (χ1) is 8.86. The first kappa shape index (κ1) is 14.1. The number of hydrogen-bond donors (Lipinski definition) is 3. The van der Waals surface area contributed by atoms with Crippen LogP contribution in [0.1, 0.15) is 39.5 Å². The molecule has 1 saturated carbocycles. The zero-order valence-corrected chi connectivity index (χ0v) is 11.5. The standard InChI is InChI=1S/C13H22N2O4/c1-12(6-3-7-19-8-12)14-11(18)15-13(2,10(16)17)9-4-5-9/h9H,3-8H2,1-2H3,(H,16,17)(H2,14,15,18). The van der Waals surface area contributed by atoms with Crippen molar-refractivity contribution in [3.8, 4) is 0 Å². The molecule has 2 fully saturated rings. The van der Waals surface area contributed by atoms with E-state index in [0.29, 0.717) is 13.2 Å². The Hall–Kier alpha value is -1.30. The van der Waals surface area contributed by atoms with Gasteiger partial charge in [-0.15, -0.1) is 0 Å². The third-order valence-electron chi connectivity index (χ3n) is 4.06. The quantitative estimate of drug-likeness (QED) is 0.714. The third-order valence-corrected chi connectivity index (χ3v) is 4.06. The van der Waals surface area contributed by atoms with Crippen molar-refractivity contribution in [3.63, 3.8) is 0 Å². The summed E-state index contributed by atoms with van der Waals surface area (Å²) in [6.45, 7) is 4.68. The second-order valence-corrected chi connectivity index (χ2v) is 6.08. The molecule has 2 amide bonds. The van der Waals surface area contributed by atoms with Gasteiger partial charge in [0.1, 0.15) is 5.54 Å². The van der Waals surface area contributed by atoms with E-state index in [2.05, 4.69) is 10.6 Å². The Morgan fingerprint density at radius 3 is 2.58 bits per heavy atom. The molecule has 3 N–H and O–H groups in total. The molecule has 1 heterocycles. The molecular formula is C13H22N2O4. The van der Waals surface area contributed by atoms with Crippen LogP contribution in [-0.2, 0) is 9.53 Å². The number of nitrogens with one attached hydrogen (secondary N) is 2. The van der Waals surface area contributed by atoms with Crippen molar-refractivity contribution in [1.29, 1.82) is 0 Å². The monoisotopic (exact) mass is 270 g/mol. The lowest BCUT2D eigenvalue weighted by molar-refractivity contribution is -0.144. The summed E-state index contributed by atoms with van der Waals surface area (Å²) in [5, 5.41) is 14.8. The van der Waals surface area contributed by atoms with Gasteiger partial charge in [-0.25, -0.2) is 9.59 Å². The highest BCUT2D eigenvalue weighted by Crippen LogP contribution is 2.39. The molecule has 2 atom stereocenters. The van der Waals surface area contributed by atoms with Crippen molar-refractivity contribution < 1.29 is 19.4 Å². The highest BCUT2D eigenvalue weighted by atomic mass is 16.5. The van der Waals surface area contributed by atoms with Gasteiger partial charge in [0.05, 0.1) is 12.1 Å². The lowest BCUT2D eigenvalue weighted by atomic mass is 9.94. The molecule has 19 heavy (non-hydrogen) atoms. The van der Waals surface area contributed by atoms with E-state index in [1.54, 1.807) is 6.92 Å². The van der Waals surface area contributed by atoms with Crippen LogP contribution in [0.2, 0.25) is 0 Å². The number of carboxylic acids is 1. The molecular weight excluding hydrogens is 248 g/mol. The Bertz CT molecular complexity index is 375. The second kappa shape index (κ2) is 5.00. The SMILES string of the molecule is CC1(NC(=O)NC(C)(C(=O)O)C2CC2)CCCOC1. The third kappa shape index (κ3) is 3.18. The van der Waals surface area contributed by atoms with E-state index in [1.165, 1.54) is 0 Å². The highest BCUT2D eigenvalue weighted by molar-refractivity contribution is 5.86. The molecule has 2 unspecified atom stereocenters. The van der Waals surface area contributed by atoms with E-state index in [9.17, 15) is 14.7 Å². The van der Waals surface area contributed by atoms with Crippen LogP contribution in [0.4, 0.5) is 4.79 Å². The van der Waals surface area contributed by atoms with Gasteiger partial charge < -0.3 is 20.5 Å². The maximum absolute atomic E-state index is 12.0. The van der Waals surface area contributed by atoms with E-state index in [1.807, 2.05) is 6.92 Å². The first-order valence-electron chi connectivity index (χ1n) is 6.77. The number of ether oxygens (including phenoxy) is 1. The van der Waals surface area contributed by atoms with Crippen LogP contribution in [0.5, 0.6) is 0 Å². The summed E-state index contributed by atoms with van der Waals surface area (Å²) in [5.74, 6) is -0.943. The van der Waals surface area contributed by atoms with Crippen molar-refractivity contribution in [3.05, 3.63) is 0 Å². The Kier molecular flexibility index (Phi) is 3.71. The number of carboxylic acid groups (broad SMARTS) is 1. The zero-order valence-electron chi connectivity index (χ0n) is 11.5. The minimum Gasteiger partial charge on any atom is -0.480 e. The molecule has 2 aliphatic rings. The van der Waals surface area contributed by atoms with Crippen LogP contribution in [0, 0.1) is 5.92 Å². The molecule has 1 aliphatic carbocycles. The normalized spacial score (nSPS) is 30.2. The number of urea groups is 1. The summed E-state index contributed by atoms with van der Waals surface area (Å²) in [6.07, 6.45) is 3.44. The molecule has 0 bridgehead atoms. The van der Waals surface area contributed by atoms with Gasteiger partial charge in [0, 0.05) is 6.61 Å². The van der Waals surface area contributed by atoms with Gasteiger partial charge in [0.2, 0.25) is 0 Å². The average Bonchev–Trinajstić information content (AvgIpc) is 3.12. The Morgan fingerprint density at radius 2 is 2.11 bits per heavy atom. The lowest BCUT2D eigenvalue weighted by Gasteiger charge is -2.36. The minimum atomic E-state index is -1.17. The van der Waals surface area contributed by atoms with Crippen molar-refractivity contribution >= 4 is 12.0 Å². The molecule has 1 aliphatic heterocycles. The molecule has 1 saturated heterocycles. The molecule has 108 valence electrons. The predicted molar refractivity (Wildman–Crippen MR) is 68.9 cm³/mol. The van der Waals surface area contributed by atoms with E-state index >= 15 is 0 Å². The summed E-state index contributed by atoms with van der Waals surface area (Å²) < 4.78 is 5.36. The molecule has 0 radical (unpaired) electrons. The molecule has 0 spiro atoms. The molecule has 6 heteroatoms. The van der Waals surface area contributed by atoms with Gasteiger partial charge >= 0.3 is 12.0 Å². The summed E-state index contributed by atoms with van der Waals surface area (Å²) >= 11 is 0. The fraction of sp³-hybridized carbons (Fsp3) is 0.846. The Balaban J connectivity index is 1.94. The Morgan fingerprint density at radius 1 is 1.42 bits per heavy atom. The second-order valence-electron chi connectivity index (χ2n) is 6.08.